The van der Waals surface area contributed by atoms with E-state index < -0.39 is 23.4 Å². The fourth-order valence-electron chi connectivity index (χ4n) is 4.77. The Labute approximate surface area is 186 Å². The molecule has 0 aromatic heterocycles. The summed E-state index contributed by atoms with van der Waals surface area (Å²) in [7, 11) is 0. The van der Waals surface area contributed by atoms with E-state index in [2.05, 4.69) is 15.5 Å². The van der Waals surface area contributed by atoms with Gasteiger partial charge in [-0.05, 0) is 49.6 Å². The Bertz CT molecular complexity index is 1050. The molecule has 4 amide bonds. The third kappa shape index (κ3) is 3.55. The Balaban J connectivity index is 1.26. The number of benzene rings is 2. The molecular formula is C24H26N4O4. The van der Waals surface area contributed by atoms with Crippen LogP contribution in [0.5, 0.6) is 5.75 Å². The van der Waals surface area contributed by atoms with Crippen LogP contribution in [0.2, 0.25) is 0 Å². The molecule has 0 unspecified atom stereocenters. The Kier molecular flexibility index (Phi) is 5.20. The number of nitrogens with one attached hydrogen (secondary N) is 2. The topological polar surface area (TPSA) is 91.0 Å². The maximum absolute atomic E-state index is 13.3. The molecule has 166 valence electrons. The van der Waals surface area contributed by atoms with E-state index in [1.54, 1.807) is 18.2 Å². The number of urea groups is 1. The second-order valence-electron chi connectivity index (χ2n) is 8.46. The molecule has 8 nitrogen and oxygen atoms in total. The zero-order valence-electron chi connectivity index (χ0n) is 17.8. The highest BCUT2D eigenvalue weighted by Crippen LogP contribution is 2.40. The molecular weight excluding hydrogens is 408 g/mol. The lowest BCUT2D eigenvalue weighted by Crippen LogP contribution is -2.48. The van der Waals surface area contributed by atoms with Gasteiger partial charge in [-0.15, -0.1) is 0 Å². The van der Waals surface area contributed by atoms with Crippen molar-refractivity contribution in [2.24, 2.45) is 0 Å². The van der Waals surface area contributed by atoms with E-state index >= 15 is 0 Å². The highest BCUT2D eigenvalue weighted by Gasteiger charge is 2.55. The van der Waals surface area contributed by atoms with Crippen LogP contribution in [0.3, 0.4) is 0 Å². The van der Waals surface area contributed by atoms with E-state index in [1.165, 1.54) is 19.3 Å². The average Bonchev–Trinajstić information content (AvgIpc) is 3.05. The SMILES string of the molecule is O=C(CN1C(=O)N[C@@]2(CCOc3ccccc32)C1=O)Nc1ccc(N2CCCCC2)cc1. The fourth-order valence-corrected chi connectivity index (χ4v) is 4.77. The van der Waals surface area contributed by atoms with Gasteiger partial charge in [-0.1, -0.05) is 18.2 Å². The standard InChI is InChI=1S/C24H26N4O4/c29-21(25-17-8-10-18(11-9-17)27-13-4-1-5-14-27)16-28-22(30)24(26-23(28)31)12-15-32-20-7-3-2-6-19(20)24/h2-3,6-11H,1,4-5,12-16H2,(H,25,29)(H,26,31)/t24-/m1/s1. The number of piperidine rings is 1. The molecule has 0 aliphatic carbocycles. The van der Waals surface area contributed by atoms with E-state index in [-0.39, 0.29) is 6.54 Å². The summed E-state index contributed by atoms with van der Waals surface area (Å²) in [5.41, 5.74) is 1.22. The van der Waals surface area contributed by atoms with Gasteiger partial charge >= 0.3 is 6.03 Å². The van der Waals surface area contributed by atoms with Gasteiger partial charge in [0.25, 0.3) is 5.91 Å². The Morgan fingerprint density at radius 2 is 1.78 bits per heavy atom. The van der Waals surface area contributed by atoms with Crippen LogP contribution in [-0.2, 0) is 15.1 Å². The van der Waals surface area contributed by atoms with Gasteiger partial charge in [-0.3, -0.25) is 14.5 Å². The van der Waals surface area contributed by atoms with Crippen molar-refractivity contribution in [1.29, 1.82) is 0 Å². The van der Waals surface area contributed by atoms with Crippen LogP contribution in [0.25, 0.3) is 0 Å². The summed E-state index contributed by atoms with van der Waals surface area (Å²) in [6.45, 7) is 2.07. The van der Waals surface area contributed by atoms with Gasteiger partial charge in [0.15, 0.2) is 5.54 Å². The maximum Gasteiger partial charge on any atom is 0.325 e. The maximum atomic E-state index is 13.3. The molecule has 5 rings (SSSR count). The van der Waals surface area contributed by atoms with Crippen molar-refractivity contribution >= 4 is 29.2 Å². The highest BCUT2D eigenvalue weighted by molar-refractivity contribution is 6.10. The van der Waals surface area contributed by atoms with Crippen molar-refractivity contribution in [3.63, 3.8) is 0 Å². The van der Waals surface area contributed by atoms with Crippen molar-refractivity contribution in [3.8, 4) is 5.75 Å². The number of fused-ring (bicyclic) bond motifs is 2. The summed E-state index contributed by atoms with van der Waals surface area (Å²) in [6, 6.07) is 14.3. The molecule has 2 fully saturated rings. The molecule has 2 N–H and O–H groups in total. The van der Waals surface area contributed by atoms with Crippen molar-refractivity contribution in [1.82, 2.24) is 10.2 Å². The number of amides is 4. The number of rotatable bonds is 4. The molecule has 3 aliphatic heterocycles. The van der Waals surface area contributed by atoms with Gasteiger partial charge in [-0.2, -0.15) is 0 Å². The van der Waals surface area contributed by atoms with E-state index in [0.29, 0.717) is 30.0 Å². The number of carbonyl (C=O) groups is 3. The van der Waals surface area contributed by atoms with Gasteiger partial charge in [0, 0.05) is 36.4 Å². The van der Waals surface area contributed by atoms with E-state index in [4.69, 9.17) is 4.74 Å². The van der Waals surface area contributed by atoms with Crippen LogP contribution >= 0.6 is 0 Å². The first kappa shape index (κ1) is 20.4. The van der Waals surface area contributed by atoms with Gasteiger partial charge in [-0.25, -0.2) is 4.79 Å². The molecule has 3 heterocycles. The minimum absolute atomic E-state index is 0.312. The molecule has 0 radical (unpaired) electrons. The van der Waals surface area contributed by atoms with Crippen molar-refractivity contribution < 1.29 is 19.1 Å². The summed E-state index contributed by atoms with van der Waals surface area (Å²) in [4.78, 5) is 41.9. The molecule has 3 aliphatic rings. The minimum atomic E-state index is -1.18. The number of anilines is 2. The molecule has 8 heteroatoms. The molecule has 1 atom stereocenters. The zero-order chi connectivity index (χ0) is 22.1. The first-order chi connectivity index (χ1) is 15.6. The van der Waals surface area contributed by atoms with Crippen molar-refractivity contribution in [2.45, 2.75) is 31.2 Å². The first-order valence-corrected chi connectivity index (χ1v) is 11.1. The van der Waals surface area contributed by atoms with Gasteiger partial charge in [0.2, 0.25) is 5.91 Å². The quantitative estimate of drug-likeness (QED) is 0.722. The van der Waals surface area contributed by atoms with Crippen LogP contribution in [0.4, 0.5) is 16.2 Å². The van der Waals surface area contributed by atoms with Crippen LogP contribution in [0.1, 0.15) is 31.2 Å². The van der Waals surface area contributed by atoms with Crippen LogP contribution in [-0.4, -0.2) is 49.0 Å². The fraction of sp³-hybridized carbons (Fsp3) is 0.375. The van der Waals surface area contributed by atoms with Crippen LogP contribution < -0.4 is 20.3 Å². The van der Waals surface area contributed by atoms with E-state index in [0.717, 1.165) is 23.7 Å². The largest absolute Gasteiger partial charge is 0.493 e. The summed E-state index contributed by atoms with van der Waals surface area (Å²) in [5, 5.41) is 5.60. The molecule has 1 spiro atoms. The predicted molar refractivity (Wildman–Crippen MR) is 120 cm³/mol. The third-order valence-corrected chi connectivity index (χ3v) is 6.43. The Morgan fingerprint density at radius 3 is 2.56 bits per heavy atom. The van der Waals surface area contributed by atoms with Crippen molar-refractivity contribution in [3.05, 3.63) is 54.1 Å². The van der Waals surface area contributed by atoms with Gasteiger partial charge < -0.3 is 20.3 Å². The molecule has 2 aromatic carbocycles. The summed E-state index contributed by atoms with van der Waals surface area (Å²) in [5.74, 6) is -0.266. The number of hydrogen-bond acceptors (Lipinski definition) is 5. The lowest BCUT2D eigenvalue weighted by atomic mass is 9.84. The third-order valence-electron chi connectivity index (χ3n) is 6.43. The number of ether oxygens (including phenoxy) is 1. The smallest absolute Gasteiger partial charge is 0.325 e. The lowest BCUT2D eigenvalue weighted by molar-refractivity contribution is -0.135. The number of imide groups is 1. The summed E-state index contributed by atoms with van der Waals surface area (Å²) >= 11 is 0. The van der Waals surface area contributed by atoms with Gasteiger partial charge in [0.1, 0.15) is 12.3 Å². The first-order valence-electron chi connectivity index (χ1n) is 11.1. The average molecular weight is 434 g/mol. The second kappa shape index (κ2) is 8.18. The second-order valence-corrected chi connectivity index (χ2v) is 8.46. The lowest BCUT2D eigenvalue weighted by Gasteiger charge is -2.33. The number of carbonyl (C=O) groups excluding carboxylic acids is 3. The molecule has 2 aromatic rings. The Morgan fingerprint density at radius 1 is 1.03 bits per heavy atom. The molecule has 0 saturated carbocycles. The summed E-state index contributed by atoms with van der Waals surface area (Å²) in [6.07, 6.45) is 3.99. The van der Waals surface area contributed by atoms with E-state index in [1.807, 2.05) is 30.3 Å². The van der Waals surface area contributed by atoms with Gasteiger partial charge in [0.05, 0.1) is 6.61 Å². The normalized spacial score (nSPS) is 22.4. The molecule has 0 bridgehead atoms. The van der Waals surface area contributed by atoms with Crippen LogP contribution in [0.15, 0.2) is 48.5 Å². The predicted octanol–water partition coefficient (Wildman–Crippen LogP) is 2.85. The van der Waals surface area contributed by atoms with Crippen molar-refractivity contribution in [2.75, 3.05) is 36.5 Å². The number of nitrogens with zero attached hydrogens (tertiary/aromatic N) is 2. The van der Waals surface area contributed by atoms with Crippen LogP contribution in [0, 0.1) is 0 Å². The zero-order valence-corrected chi connectivity index (χ0v) is 17.8. The molecule has 32 heavy (non-hydrogen) atoms. The number of hydrogen-bond donors (Lipinski definition) is 2. The van der Waals surface area contributed by atoms with E-state index in [9.17, 15) is 14.4 Å². The summed E-state index contributed by atoms with van der Waals surface area (Å²) < 4.78 is 5.64. The minimum Gasteiger partial charge on any atom is -0.493 e. The number of para-hydroxylation sites is 1. The monoisotopic (exact) mass is 434 g/mol. The highest BCUT2D eigenvalue weighted by atomic mass is 16.5. The molecule has 2 saturated heterocycles. The Hall–Kier alpha value is -3.55.